The molecule has 1 heterocycles. The van der Waals surface area contributed by atoms with Gasteiger partial charge in [0.1, 0.15) is 11.7 Å². The number of carbonyl (C=O) groups excluding carboxylic acids is 1. The van der Waals surface area contributed by atoms with Gasteiger partial charge in [0, 0.05) is 13.1 Å². The number of aromatic nitrogens is 2. The number of amides is 2. The zero-order chi connectivity index (χ0) is 13.1. The Balaban J connectivity index is 2.01. The van der Waals surface area contributed by atoms with Crippen molar-refractivity contribution in [1.29, 1.82) is 5.41 Å². The number of aryl methyl sites for hydroxylation is 1. The quantitative estimate of drug-likeness (QED) is 0.470. The zero-order valence-electron chi connectivity index (χ0n) is 10.4. The molecular formula is C11H18N6O. The summed E-state index contributed by atoms with van der Waals surface area (Å²) in [5, 5.41) is 17.0. The summed E-state index contributed by atoms with van der Waals surface area (Å²) in [4.78, 5) is 11.8. The van der Waals surface area contributed by atoms with E-state index in [1.807, 2.05) is 0 Å². The number of anilines is 1. The van der Waals surface area contributed by atoms with Crippen LogP contribution in [0.4, 0.5) is 10.6 Å². The average molecular weight is 250 g/mol. The molecule has 1 aliphatic carbocycles. The van der Waals surface area contributed by atoms with E-state index >= 15 is 0 Å². The minimum absolute atomic E-state index is 0.112. The Labute approximate surface area is 105 Å². The number of carbonyl (C=O) groups is 1. The van der Waals surface area contributed by atoms with E-state index < -0.39 is 0 Å². The average Bonchev–Trinajstić information content (AvgIpc) is 2.90. The van der Waals surface area contributed by atoms with Crippen molar-refractivity contribution < 1.29 is 4.79 Å². The van der Waals surface area contributed by atoms with Gasteiger partial charge in [-0.05, 0) is 12.8 Å². The normalized spacial score (nSPS) is 15.6. The summed E-state index contributed by atoms with van der Waals surface area (Å²) < 4.78 is 1.49. The third-order valence-corrected chi connectivity index (χ3v) is 3.15. The Kier molecular flexibility index (Phi) is 3.50. The van der Waals surface area contributed by atoms with Crippen molar-refractivity contribution in [3.8, 4) is 0 Å². The number of nitrogen functional groups attached to an aromatic ring is 1. The van der Waals surface area contributed by atoms with Crippen LogP contribution in [0.3, 0.4) is 0 Å². The lowest BCUT2D eigenvalue weighted by molar-refractivity contribution is 0.248. The minimum Gasteiger partial charge on any atom is -0.384 e. The van der Waals surface area contributed by atoms with Crippen LogP contribution in [0.15, 0.2) is 6.20 Å². The molecule has 0 spiro atoms. The van der Waals surface area contributed by atoms with Gasteiger partial charge in [-0.15, -0.1) is 0 Å². The molecule has 98 valence electrons. The van der Waals surface area contributed by atoms with Gasteiger partial charge in [0.15, 0.2) is 0 Å². The minimum atomic E-state index is -0.270. The van der Waals surface area contributed by atoms with E-state index in [9.17, 15) is 4.79 Å². The van der Waals surface area contributed by atoms with E-state index in [1.54, 1.807) is 7.05 Å². The summed E-state index contributed by atoms with van der Waals surface area (Å²) in [5.41, 5.74) is 5.86. The first-order chi connectivity index (χ1) is 8.58. The summed E-state index contributed by atoms with van der Waals surface area (Å²) in [7, 11) is 1.69. The van der Waals surface area contributed by atoms with Crippen molar-refractivity contribution in [2.75, 3.05) is 5.32 Å². The number of nitrogens with two attached hydrogens (primary N) is 1. The summed E-state index contributed by atoms with van der Waals surface area (Å²) in [6.07, 6.45) is 5.84. The van der Waals surface area contributed by atoms with Gasteiger partial charge in [-0.1, -0.05) is 12.8 Å². The van der Waals surface area contributed by atoms with Crippen LogP contribution >= 0.6 is 0 Å². The number of rotatable bonds is 3. The highest BCUT2D eigenvalue weighted by atomic mass is 16.2. The lowest BCUT2D eigenvalue weighted by Crippen LogP contribution is -2.37. The van der Waals surface area contributed by atoms with Gasteiger partial charge in [-0.3, -0.25) is 15.4 Å². The molecule has 0 unspecified atom stereocenters. The molecule has 0 atom stereocenters. The number of nitrogens with zero attached hydrogens (tertiary/aromatic N) is 2. The van der Waals surface area contributed by atoms with Crippen molar-refractivity contribution in [2.24, 2.45) is 12.8 Å². The third-order valence-electron chi connectivity index (χ3n) is 3.15. The van der Waals surface area contributed by atoms with Crippen molar-refractivity contribution in [2.45, 2.75) is 31.7 Å². The van der Waals surface area contributed by atoms with E-state index in [-0.39, 0.29) is 17.9 Å². The first-order valence-corrected chi connectivity index (χ1v) is 6.02. The number of nitrogens with one attached hydrogen (secondary N) is 3. The number of amidine groups is 1. The Bertz CT molecular complexity index is 460. The highest BCUT2D eigenvalue weighted by Gasteiger charge is 2.19. The predicted octanol–water partition coefficient (Wildman–Crippen LogP) is 0.768. The molecule has 0 aromatic carbocycles. The first-order valence-electron chi connectivity index (χ1n) is 6.02. The van der Waals surface area contributed by atoms with E-state index in [4.69, 9.17) is 11.1 Å². The molecule has 0 radical (unpaired) electrons. The highest BCUT2D eigenvalue weighted by Crippen LogP contribution is 2.18. The van der Waals surface area contributed by atoms with Crippen molar-refractivity contribution in [1.82, 2.24) is 15.1 Å². The van der Waals surface area contributed by atoms with Gasteiger partial charge in [0.05, 0.1) is 11.8 Å². The molecule has 1 aliphatic rings. The SMILES string of the molecule is Cn1ncc(C(=N)N)c1NC(=O)NC1CCCC1. The van der Waals surface area contributed by atoms with Crippen LogP contribution < -0.4 is 16.4 Å². The largest absolute Gasteiger partial charge is 0.384 e. The summed E-state index contributed by atoms with van der Waals surface area (Å²) in [6, 6.07) is -0.0213. The van der Waals surface area contributed by atoms with E-state index in [0.29, 0.717) is 11.4 Å². The number of hydrogen-bond acceptors (Lipinski definition) is 3. The van der Waals surface area contributed by atoms with Crippen LogP contribution in [0, 0.1) is 5.41 Å². The molecule has 18 heavy (non-hydrogen) atoms. The van der Waals surface area contributed by atoms with Crippen LogP contribution in [0.25, 0.3) is 0 Å². The Hall–Kier alpha value is -2.05. The molecule has 2 amide bonds. The highest BCUT2D eigenvalue weighted by molar-refractivity contribution is 6.02. The van der Waals surface area contributed by atoms with Crippen LogP contribution in [-0.4, -0.2) is 27.7 Å². The second-order valence-corrected chi connectivity index (χ2v) is 4.52. The molecule has 5 N–H and O–H groups in total. The summed E-state index contributed by atoms with van der Waals surface area (Å²) in [5.74, 6) is 0.331. The molecule has 1 aromatic rings. The molecule has 7 nitrogen and oxygen atoms in total. The smallest absolute Gasteiger partial charge is 0.320 e. The molecule has 1 aromatic heterocycles. The Morgan fingerprint density at radius 3 is 2.83 bits per heavy atom. The van der Waals surface area contributed by atoms with Crippen molar-refractivity contribution in [3.63, 3.8) is 0 Å². The van der Waals surface area contributed by atoms with Crippen molar-refractivity contribution in [3.05, 3.63) is 11.8 Å². The Morgan fingerprint density at radius 2 is 2.22 bits per heavy atom. The van der Waals surface area contributed by atoms with Crippen LogP contribution in [0.1, 0.15) is 31.2 Å². The topological polar surface area (TPSA) is 109 Å². The van der Waals surface area contributed by atoms with Gasteiger partial charge >= 0.3 is 6.03 Å². The lowest BCUT2D eigenvalue weighted by atomic mass is 10.2. The maximum Gasteiger partial charge on any atom is 0.320 e. The summed E-state index contributed by atoms with van der Waals surface area (Å²) in [6.45, 7) is 0. The van der Waals surface area contributed by atoms with E-state index in [1.165, 1.54) is 10.9 Å². The monoisotopic (exact) mass is 250 g/mol. The fourth-order valence-corrected chi connectivity index (χ4v) is 2.18. The number of hydrogen-bond donors (Lipinski definition) is 4. The van der Waals surface area contributed by atoms with Gasteiger partial charge in [0.25, 0.3) is 0 Å². The lowest BCUT2D eigenvalue weighted by Gasteiger charge is -2.13. The molecule has 1 fully saturated rings. The molecule has 2 rings (SSSR count). The molecule has 0 saturated heterocycles. The molecule has 0 aliphatic heterocycles. The van der Waals surface area contributed by atoms with E-state index in [0.717, 1.165) is 25.7 Å². The second kappa shape index (κ2) is 5.07. The standard InChI is InChI=1S/C11H18N6O/c1-17-10(8(6-14-17)9(12)13)16-11(18)15-7-4-2-3-5-7/h6-7H,2-5H2,1H3,(H3,12,13)(H2,15,16,18). The first kappa shape index (κ1) is 12.4. The van der Waals surface area contributed by atoms with Gasteiger partial charge in [-0.2, -0.15) is 5.10 Å². The molecule has 7 heteroatoms. The predicted molar refractivity (Wildman–Crippen MR) is 68.6 cm³/mol. The van der Waals surface area contributed by atoms with Crippen LogP contribution in [0.2, 0.25) is 0 Å². The fraction of sp³-hybridized carbons (Fsp3) is 0.545. The molecule has 1 saturated carbocycles. The van der Waals surface area contributed by atoms with Gasteiger partial charge in [0.2, 0.25) is 0 Å². The second-order valence-electron chi connectivity index (χ2n) is 4.52. The van der Waals surface area contributed by atoms with Crippen molar-refractivity contribution >= 4 is 17.7 Å². The Morgan fingerprint density at radius 1 is 1.56 bits per heavy atom. The summed E-state index contributed by atoms with van der Waals surface area (Å²) >= 11 is 0. The van der Waals surface area contributed by atoms with Gasteiger partial charge < -0.3 is 11.1 Å². The van der Waals surface area contributed by atoms with E-state index in [2.05, 4.69) is 15.7 Å². The van der Waals surface area contributed by atoms with Crippen LogP contribution in [0.5, 0.6) is 0 Å². The van der Waals surface area contributed by atoms with Gasteiger partial charge in [-0.25, -0.2) is 4.79 Å². The number of urea groups is 1. The zero-order valence-corrected chi connectivity index (χ0v) is 10.4. The molecular weight excluding hydrogens is 232 g/mol. The third kappa shape index (κ3) is 2.61. The maximum atomic E-state index is 11.8. The molecule has 0 bridgehead atoms. The maximum absolute atomic E-state index is 11.8. The fourth-order valence-electron chi connectivity index (χ4n) is 2.18. The van der Waals surface area contributed by atoms with Crippen LogP contribution in [-0.2, 0) is 7.05 Å².